The van der Waals surface area contributed by atoms with Crippen LogP contribution in [0, 0.1) is 11.7 Å². The summed E-state index contributed by atoms with van der Waals surface area (Å²) < 4.78 is 43.1. The number of rotatable bonds is 7. The van der Waals surface area contributed by atoms with Crippen LogP contribution in [-0.2, 0) is 27.9 Å². The van der Waals surface area contributed by atoms with Crippen molar-refractivity contribution < 1.29 is 17.6 Å². The van der Waals surface area contributed by atoms with E-state index in [0.717, 1.165) is 18.5 Å². The summed E-state index contributed by atoms with van der Waals surface area (Å²) in [6.45, 7) is 3.37. The molecule has 0 unspecified atom stereocenters. The molecule has 0 spiro atoms. The molecule has 1 amide bonds. The number of amides is 1. The van der Waals surface area contributed by atoms with Crippen LogP contribution < -0.4 is 5.32 Å². The van der Waals surface area contributed by atoms with Crippen molar-refractivity contribution in [2.45, 2.75) is 44.2 Å². The minimum atomic E-state index is -3.69. The summed E-state index contributed by atoms with van der Waals surface area (Å²) in [6, 6.07) is 11.2. The van der Waals surface area contributed by atoms with Gasteiger partial charge in [0, 0.05) is 37.7 Å². The van der Waals surface area contributed by atoms with Crippen LogP contribution in [0.1, 0.15) is 31.7 Å². The van der Waals surface area contributed by atoms with Gasteiger partial charge in [-0.05, 0) is 43.5 Å². The van der Waals surface area contributed by atoms with Gasteiger partial charge in [-0.2, -0.15) is 4.31 Å². The number of halogens is 1. The molecule has 10 heteroatoms. The van der Waals surface area contributed by atoms with Crippen LogP contribution in [-0.4, -0.2) is 46.7 Å². The maximum atomic E-state index is 13.7. The van der Waals surface area contributed by atoms with Crippen molar-refractivity contribution in [3.05, 3.63) is 53.8 Å². The molecule has 2 aromatic carbocycles. The van der Waals surface area contributed by atoms with Crippen LogP contribution in [0.2, 0.25) is 0 Å². The number of sulfonamides is 1. The fourth-order valence-electron chi connectivity index (χ4n) is 3.97. The van der Waals surface area contributed by atoms with Crippen LogP contribution in [0.25, 0.3) is 11.0 Å². The molecule has 1 N–H and O–H groups in total. The van der Waals surface area contributed by atoms with Crippen molar-refractivity contribution in [3.63, 3.8) is 0 Å². The Balaban J connectivity index is 1.38. The topological polar surface area (TPSA) is 97.2 Å². The second kappa shape index (κ2) is 9.33. The summed E-state index contributed by atoms with van der Waals surface area (Å²) in [7, 11) is -3.69. The lowest BCUT2D eigenvalue weighted by atomic mass is 9.97. The fourth-order valence-corrected chi connectivity index (χ4v) is 5.46. The predicted molar refractivity (Wildman–Crippen MR) is 118 cm³/mol. The Labute approximate surface area is 186 Å². The van der Waals surface area contributed by atoms with E-state index >= 15 is 0 Å². The van der Waals surface area contributed by atoms with Gasteiger partial charge >= 0.3 is 0 Å². The van der Waals surface area contributed by atoms with E-state index in [2.05, 4.69) is 15.6 Å². The summed E-state index contributed by atoms with van der Waals surface area (Å²) in [5.74, 6) is -0.843. The van der Waals surface area contributed by atoms with Crippen LogP contribution in [0.4, 0.5) is 4.39 Å². The number of aryl methyl sites for hydroxylation is 1. The first-order valence-corrected chi connectivity index (χ1v) is 12.2. The Kier molecular flexibility index (Phi) is 6.52. The molecular formula is C22H26FN5O3S. The van der Waals surface area contributed by atoms with Crippen molar-refractivity contribution in [3.8, 4) is 0 Å². The zero-order chi connectivity index (χ0) is 22.7. The van der Waals surface area contributed by atoms with E-state index < -0.39 is 10.0 Å². The summed E-state index contributed by atoms with van der Waals surface area (Å²) >= 11 is 0. The van der Waals surface area contributed by atoms with E-state index in [0.29, 0.717) is 23.9 Å². The number of aromatic nitrogens is 3. The van der Waals surface area contributed by atoms with E-state index in [1.165, 1.54) is 10.4 Å². The first kappa shape index (κ1) is 22.3. The molecule has 2 heterocycles. The number of nitrogens with zero attached hydrogens (tertiary/aromatic N) is 4. The van der Waals surface area contributed by atoms with Gasteiger partial charge in [-0.1, -0.05) is 30.3 Å². The molecule has 1 aliphatic rings. The molecule has 4 rings (SSSR count). The van der Waals surface area contributed by atoms with Gasteiger partial charge in [0.25, 0.3) is 0 Å². The van der Waals surface area contributed by atoms with Crippen molar-refractivity contribution in [2.75, 3.05) is 13.1 Å². The smallest absolute Gasteiger partial charge is 0.243 e. The number of fused-ring (bicyclic) bond motifs is 1. The van der Waals surface area contributed by atoms with Crippen LogP contribution in [0.3, 0.4) is 0 Å². The van der Waals surface area contributed by atoms with Gasteiger partial charge in [0.2, 0.25) is 15.9 Å². The molecule has 170 valence electrons. The first-order valence-electron chi connectivity index (χ1n) is 10.7. The quantitative estimate of drug-likeness (QED) is 0.586. The van der Waals surface area contributed by atoms with Crippen LogP contribution in [0.15, 0.2) is 47.4 Å². The highest BCUT2D eigenvalue weighted by Gasteiger charge is 2.32. The molecular weight excluding hydrogens is 433 g/mol. The SMILES string of the molecule is CCCn1nnc2cc(S(=O)(=O)N3CCC(C(=O)NCc4ccccc4F)CC3)ccc21. The van der Waals surface area contributed by atoms with Gasteiger partial charge in [-0.15, -0.1) is 5.10 Å². The highest BCUT2D eigenvalue weighted by atomic mass is 32.2. The van der Waals surface area contributed by atoms with Crippen molar-refractivity contribution >= 4 is 27.0 Å². The zero-order valence-electron chi connectivity index (χ0n) is 17.9. The average molecular weight is 460 g/mol. The van der Waals surface area contributed by atoms with Crippen molar-refractivity contribution in [1.29, 1.82) is 0 Å². The molecule has 0 atom stereocenters. The summed E-state index contributed by atoms with van der Waals surface area (Å²) in [4.78, 5) is 12.7. The van der Waals surface area contributed by atoms with Gasteiger partial charge in [0.1, 0.15) is 11.3 Å². The Morgan fingerprint density at radius 3 is 2.66 bits per heavy atom. The number of carbonyl (C=O) groups is 1. The number of hydrogen-bond donors (Lipinski definition) is 1. The second-order valence-electron chi connectivity index (χ2n) is 7.95. The highest BCUT2D eigenvalue weighted by Crippen LogP contribution is 2.26. The fraction of sp³-hybridized carbons (Fsp3) is 0.409. The lowest BCUT2D eigenvalue weighted by molar-refractivity contribution is -0.126. The van der Waals surface area contributed by atoms with E-state index in [-0.39, 0.29) is 42.2 Å². The van der Waals surface area contributed by atoms with Gasteiger partial charge in [0.05, 0.1) is 10.4 Å². The monoisotopic (exact) mass is 459 g/mol. The molecule has 32 heavy (non-hydrogen) atoms. The largest absolute Gasteiger partial charge is 0.352 e. The molecule has 8 nitrogen and oxygen atoms in total. The molecule has 1 saturated heterocycles. The Morgan fingerprint density at radius 1 is 1.19 bits per heavy atom. The van der Waals surface area contributed by atoms with Gasteiger partial charge in [-0.3, -0.25) is 4.79 Å². The highest BCUT2D eigenvalue weighted by molar-refractivity contribution is 7.89. The molecule has 1 fully saturated rings. The zero-order valence-corrected chi connectivity index (χ0v) is 18.7. The minimum Gasteiger partial charge on any atom is -0.352 e. The Hall–Kier alpha value is -2.85. The number of benzene rings is 2. The maximum Gasteiger partial charge on any atom is 0.243 e. The molecule has 0 radical (unpaired) electrons. The van der Waals surface area contributed by atoms with Gasteiger partial charge in [0.15, 0.2) is 0 Å². The van der Waals surface area contributed by atoms with Crippen molar-refractivity contribution in [2.24, 2.45) is 5.92 Å². The molecule has 1 aromatic heterocycles. The molecule has 1 aliphatic heterocycles. The second-order valence-corrected chi connectivity index (χ2v) is 9.89. The average Bonchev–Trinajstić information content (AvgIpc) is 3.21. The summed E-state index contributed by atoms with van der Waals surface area (Å²) in [5.41, 5.74) is 1.77. The Morgan fingerprint density at radius 2 is 1.94 bits per heavy atom. The predicted octanol–water partition coefficient (Wildman–Crippen LogP) is 2.70. The standard InChI is InChI=1S/C22H26FN5O3S/c1-2-11-28-21-8-7-18(14-20(21)25-26-28)32(30,31)27-12-9-16(10-13-27)22(29)24-15-17-5-3-4-6-19(17)23/h3-8,14,16H,2,9-13,15H2,1H3,(H,24,29). The normalized spacial score (nSPS) is 15.8. The summed E-state index contributed by atoms with van der Waals surface area (Å²) in [6.07, 6.45) is 1.73. The van der Waals surface area contributed by atoms with Crippen molar-refractivity contribution in [1.82, 2.24) is 24.6 Å². The summed E-state index contributed by atoms with van der Waals surface area (Å²) in [5, 5.41) is 10.9. The van der Waals surface area contributed by atoms with Gasteiger partial charge in [-0.25, -0.2) is 17.5 Å². The third-order valence-corrected chi connectivity index (χ3v) is 7.69. The number of carbonyl (C=O) groups excluding carboxylic acids is 1. The first-order chi connectivity index (χ1) is 15.4. The Bertz CT molecular complexity index is 1220. The van der Waals surface area contributed by atoms with E-state index in [1.807, 2.05) is 6.92 Å². The molecule has 3 aromatic rings. The molecule has 0 saturated carbocycles. The van der Waals surface area contributed by atoms with E-state index in [4.69, 9.17) is 0 Å². The van der Waals surface area contributed by atoms with Crippen LogP contribution in [0.5, 0.6) is 0 Å². The van der Waals surface area contributed by atoms with Crippen LogP contribution >= 0.6 is 0 Å². The number of piperidine rings is 1. The third-order valence-electron chi connectivity index (χ3n) is 5.79. The van der Waals surface area contributed by atoms with Gasteiger partial charge < -0.3 is 5.32 Å². The minimum absolute atomic E-state index is 0.114. The van der Waals surface area contributed by atoms with E-state index in [1.54, 1.807) is 41.1 Å². The molecule has 0 bridgehead atoms. The van der Waals surface area contributed by atoms with E-state index in [9.17, 15) is 17.6 Å². The number of hydrogen-bond acceptors (Lipinski definition) is 5. The molecule has 0 aliphatic carbocycles. The maximum absolute atomic E-state index is 13.7. The number of nitrogens with one attached hydrogen (secondary N) is 1. The third kappa shape index (κ3) is 4.51. The lowest BCUT2D eigenvalue weighted by Crippen LogP contribution is -2.42. The lowest BCUT2D eigenvalue weighted by Gasteiger charge is -2.30.